The molecule has 0 fully saturated rings. The molecule has 0 saturated carbocycles. The quantitative estimate of drug-likeness (QED) is 0.820. The molecule has 1 aromatic rings. The summed E-state index contributed by atoms with van der Waals surface area (Å²) in [5, 5.41) is 18.2. The van der Waals surface area contributed by atoms with E-state index in [4.69, 9.17) is 5.11 Å². The Bertz CT molecular complexity index is 413. The zero-order valence-corrected chi connectivity index (χ0v) is 9.88. The Morgan fingerprint density at radius 2 is 1.76 bits per heavy atom. The Morgan fingerprint density at radius 1 is 1.24 bits per heavy atom. The number of carboxylic acid groups (broad SMARTS) is 2. The van der Waals surface area contributed by atoms with Gasteiger partial charge in [-0.05, 0) is 18.9 Å². The van der Waals surface area contributed by atoms with Crippen molar-refractivity contribution in [2.24, 2.45) is 11.3 Å². The minimum Gasteiger partial charge on any atom is -0.481 e. The monoisotopic (exact) mass is 236 g/mol. The molecule has 0 aliphatic heterocycles. The maximum Gasteiger partial charge on any atom is 0.310 e. The van der Waals surface area contributed by atoms with Crippen LogP contribution in [0.1, 0.15) is 19.4 Å². The van der Waals surface area contributed by atoms with E-state index in [1.54, 1.807) is 12.1 Å². The van der Waals surface area contributed by atoms with E-state index >= 15 is 0 Å². The first kappa shape index (κ1) is 13.2. The predicted octanol–water partition coefficient (Wildman–Crippen LogP) is 2.04. The summed E-state index contributed by atoms with van der Waals surface area (Å²) in [6, 6.07) is 9.06. The summed E-state index contributed by atoms with van der Waals surface area (Å²) in [6.45, 7) is 2.90. The molecule has 92 valence electrons. The molecule has 1 rings (SSSR count). The lowest BCUT2D eigenvalue weighted by atomic mass is 9.73. The van der Waals surface area contributed by atoms with Gasteiger partial charge >= 0.3 is 11.9 Å². The van der Waals surface area contributed by atoms with Gasteiger partial charge in [0.05, 0.1) is 11.3 Å². The molecule has 4 heteroatoms. The van der Waals surface area contributed by atoms with Crippen LogP contribution < -0.4 is 0 Å². The zero-order chi connectivity index (χ0) is 13.1. The van der Waals surface area contributed by atoms with Gasteiger partial charge in [-0.3, -0.25) is 9.59 Å². The topological polar surface area (TPSA) is 74.6 Å². The summed E-state index contributed by atoms with van der Waals surface area (Å²) in [5.74, 6) is -3.12. The second-order valence-electron chi connectivity index (χ2n) is 4.44. The Hall–Kier alpha value is -1.84. The van der Waals surface area contributed by atoms with Crippen LogP contribution in [0.15, 0.2) is 30.3 Å². The highest BCUT2D eigenvalue weighted by Crippen LogP contribution is 2.32. The third-order valence-electron chi connectivity index (χ3n) is 3.23. The molecular weight excluding hydrogens is 220 g/mol. The third kappa shape index (κ3) is 2.84. The average Bonchev–Trinajstić information content (AvgIpc) is 2.28. The molecule has 2 N–H and O–H groups in total. The molecule has 2 unspecified atom stereocenters. The molecule has 0 radical (unpaired) electrons. The highest BCUT2D eigenvalue weighted by Gasteiger charge is 2.42. The van der Waals surface area contributed by atoms with E-state index in [0.29, 0.717) is 0 Å². The second-order valence-corrected chi connectivity index (χ2v) is 4.44. The Balaban J connectivity index is 3.02. The fourth-order valence-corrected chi connectivity index (χ4v) is 1.71. The van der Waals surface area contributed by atoms with Crippen molar-refractivity contribution in [3.8, 4) is 0 Å². The van der Waals surface area contributed by atoms with Crippen LogP contribution in [0, 0.1) is 11.3 Å². The molecule has 4 nitrogen and oxygen atoms in total. The van der Waals surface area contributed by atoms with Crippen LogP contribution in [0.2, 0.25) is 0 Å². The summed E-state index contributed by atoms with van der Waals surface area (Å²) in [4.78, 5) is 22.3. The van der Waals surface area contributed by atoms with Gasteiger partial charge < -0.3 is 10.2 Å². The van der Waals surface area contributed by atoms with Gasteiger partial charge in [-0.2, -0.15) is 0 Å². The maximum absolute atomic E-state index is 11.3. The number of carboxylic acids is 2. The molecule has 0 bridgehead atoms. The molecule has 0 heterocycles. The van der Waals surface area contributed by atoms with E-state index in [-0.39, 0.29) is 6.42 Å². The third-order valence-corrected chi connectivity index (χ3v) is 3.23. The minimum absolute atomic E-state index is 0.205. The SMILES string of the molecule is CC(C(=O)O)C(C)(Cc1ccccc1)C(=O)O. The van der Waals surface area contributed by atoms with Crippen molar-refractivity contribution in [3.05, 3.63) is 35.9 Å². The van der Waals surface area contributed by atoms with Crippen molar-refractivity contribution in [2.75, 3.05) is 0 Å². The highest BCUT2D eigenvalue weighted by atomic mass is 16.4. The standard InChI is InChI=1S/C13H16O4/c1-9(11(14)15)13(2,12(16)17)8-10-6-4-3-5-7-10/h3-7,9H,8H2,1-2H3,(H,14,15)(H,16,17). The molecule has 1 aromatic carbocycles. The van der Waals surface area contributed by atoms with Crippen LogP contribution in [0.4, 0.5) is 0 Å². The van der Waals surface area contributed by atoms with Gasteiger partial charge in [-0.1, -0.05) is 37.3 Å². The normalized spacial score (nSPS) is 15.9. The molecule has 0 aliphatic carbocycles. The Labute approximate surface area is 99.9 Å². The number of carbonyl (C=O) groups is 2. The van der Waals surface area contributed by atoms with E-state index < -0.39 is 23.3 Å². The summed E-state index contributed by atoms with van der Waals surface area (Å²) in [5.41, 5.74) is -0.474. The van der Waals surface area contributed by atoms with Crippen LogP contribution in [-0.4, -0.2) is 22.2 Å². The summed E-state index contributed by atoms with van der Waals surface area (Å²) in [6.07, 6.45) is 0.205. The summed E-state index contributed by atoms with van der Waals surface area (Å²) < 4.78 is 0. The van der Waals surface area contributed by atoms with Gasteiger partial charge in [0.2, 0.25) is 0 Å². The largest absolute Gasteiger partial charge is 0.481 e. The maximum atomic E-state index is 11.3. The van der Waals surface area contributed by atoms with E-state index in [9.17, 15) is 14.7 Å². The van der Waals surface area contributed by atoms with Crippen molar-refractivity contribution < 1.29 is 19.8 Å². The van der Waals surface area contributed by atoms with Crippen molar-refractivity contribution in [2.45, 2.75) is 20.3 Å². The van der Waals surface area contributed by atoms with Crippen molar-refractivity contribution in [1.82, 2.24) is 0 Å². The van der Waals surface area contributed by atoms with Crippen LogP contribution >= 0.6 is 0 Å². The van der Waals surface area contributed by atoms with Crippen molar-refractivity contribution in [1.29, 1.82) is 0 Å². The number of hydrogen-bond donors (Lipinski definition) is 2. The molecule has 0 aromatic heterocycles. The lowest BCUT2D eigenvalue weighted by molar-refractivity contribution is -0.160. The van der Waals surface area contributed by atoms with E-state index in [2.05, 4.69) is 0 Å². The first-order chi connectivity index (χ1) is 7.88. The Morgan fingerprint density at radius 3 is 2.18 bits per heavy atom. The summed E-state index contributed by atoms with van der Waals surface area (Å²) in [7, 11) is 0. The van der Waals surface area contributed by atoms with Crippen molar-refractivity contribution in [3.63, 3.8) is 0 Å². The van der Waals surface area contributed by atoms with Gasteiger partial charge in [-0.15, -0.1) is 0 Å². The van der Waals surface area contributed by atoms with Gasteiger partial charge in [0.25, 0.3) is 0 Å². The van der Waals surface area contributed by atoms with E-state index in [0.717, 1.165) is 5.56 Å². The van der Waals surface area contributed by atoms with Crippen LogP contribution in [-0.2, 0) is 16.0 Å². The van der Waals surface area contributed by atoms with Gasteiger partial charge in [0.1, 0.15) is 0 Å². The lowest BCUT2D eigenvalue weighted by Crippen LogP contribution is -2.40. The zero-order valence-electron chi connectivity index (χ0n) is 9.88. The molecule has 0 amide bonds. The lowest BCUT2D eigenvalue weighted by Gasteiger charge is -2.28. The minimum atomic E-state index is -1.30. The fourth-order valence-electron chi connectivity index (χ4n) is 1.71. The first-order valence-corrected chi connectivity index (χ1v) is 5.38. The van der Waals surface area contributed by atoms with Gasteiger partial charge in [0, 0.05) is 0 Å². The van der Waals surface area contributed by atoms with Crippen LogP contribution in [0.25, 0.3) is 0 Å². The molecular formula is C13H16O4. The molecule has 0 aliphatic rings. The number of benzene rings is 1. The highest BCUT2D eigenvalue weighted by molar-refractivity contribution is 5.83. The van der Waals surface area contributed by atoms with Gasteiger partial charge in [0.15, 0.2) is 0 Å². The number of rotatable bonds is 5. The summed E-state index contributed by atoms with van der Waals surface area (Å²) >= 11 is 0. The smallest absolute Gasteiger partial charge is 0.310 e. The van der Waals surface area contributed by atoms with E-state index in [1.165, 1.54) is 13.8 Å². The molecule has 2 atom stereocenters. The Kier molecular flexibility index (Phi) is 3.89. The predicted molar refractivity (Wildman–Crippen MR) is 62.7 cm³/mol. The molecule has 0 spiro atoms. The molecule has 0 saturated heterocycles. The average molecular weight is 236 g/mol. The van der Waals surface area contributed by atoms with Gasteiger partial charge in [-0.25, -0.2) is 0 Å². The van der Waals surface area contributed by atoms with Crippen LogP contribution in [0.3, 0.4) is 0 Å². The fraction of sp³-hybridized carbons (Fsp3) is 0.385. The second kappa shape index (κ2) is 4.99. The van der Waals surface area contributed by atoms with E-state index in [1.807, 2.05) is 18.2 Å². The number of aliphatic carboxylic acids is 2. The first-order valence-electron chi connectivity index (χ1n) is 5.38. The number of hydrogen-bond acceptors (Lipinski definition) is 2. The molecule has 17 heavy (non-hydrogen) atoms. The van der Waals surface area contributed by atoms with Crippen molar-refractivity contribution >= 4 is 11.9 Å². The van der Waals surface area contributed by atoms with Crippen LogP contribution in [0.5, 0.6) is 0 Å².